The van der Waals surface area contributed by atoms with Gasteiger partial charge in [0, 0.05) is 30.5 Å². The van der Waals surface area contributed by atoms with Gasteiger partial charge in [0.05, 0.1) is 10.5 Å². The molecule has 0 spiro atoms. The summed E-state index contributed by atoms with van der Waals surface area (Å²) in [5.41, 5.74) is 0.295. The third-order valence-electron chi connectivity index (χ3n) is 4.31. The highest BCUT2D eigenvalue weighted by molar-refractivity contribution is 9.10. The number of amides is 1. The Hall–Kier alpha value is -1.78. The Morgan fingerprint density at radius 3 is 2.74 bits per heavy atom. The van der Waals surface area contributed by atoms with E-state index in [-0.39, 0.29) is 10.8 Å². The van der Waals surface area contributed by atoms with Crippen LogP contribution in [0.2, 0.25) is 0 Å². The van der Waals surface area contributed by atoms with Crippen molar-refractivity contribution in [3.05, 3.63) is 40.0 Å². The summed E-state index contributed by atoms with van der Waals surface area (Å²) in [7, 11) is -3.57. The number of carbonyl (C=O) groups is 1. The molecule has 1 aromatic carbocycles. The summed E-state index contributed by atoms with van der Waals surface area (Å²) >= 11 is 3.33. The minimum Gasteiger partial charge on any atom is -0.352 e. The van der Waals surface area contributed by atoms with Gasteiger partial charge < -0.3 is 9.84 Å². The number of nitrogens with zero attached hydrogens (tertiary/aromatic N) is 3. The van der Waals surface area contributed by atoms with E-state index in [1.54, 1.807) is 13.0 Å². The van der Waals surface area contributed by atoms with E-state index in [0.717, 1.165) is 12.8 Å². The Bertz CT molecular complexity index is 923. The van der Waals surface area contributed by atoms with Crippen LogP contribution in [-0.2, 0) is 16.4 Å². The average molecular weight is 457 g/mol. The van der Waals surface area contributed by atoms with Gasteiger partial charge in [-0.3, -0.25) is 4.79 Å². The lowest BCUT2D eigenvalue weighted by molar-refractivity contribution is 0.0952. The number of nitrogens with one attached hydrogen (secondary N) is 1. The molecule has 1 amide bonds. The zero-order chi connectivity index (χ0) is 19.4. The average Bonchev–Trinajstić information content (AvgIpc) is 3.31. The molecule has 0 radical (unpaired) electrons. The van der Waals surface area contributed by atoms with Gasteiger partial charge in [-0.25, -0.2) is 8.42 Å². The van der Waals surface area contributed by atoms with Crippen LogP contribution in [0.25, 0.3) is 0 Å². The number of carbonyl (C=O) groups excluding carboxylic acids is 1. The van der Waals surface area contributed by atoms with Gasteiger partial charge in [-0.05, 0) is 60.3 Å². The molecule has 8 nitrogen and oxygen atoms in total. The number of aromatic nitrogens is 2. The van der Waals surface area contributed by atoms with Crippen LogP contribution in [0.4, 0.5) is 0 Å². The monoisotopic (exact) mass is 456 g/mol. The molecule has 1 N–H and O–H groups in total. The first-order chi connectivity index (χ1) is 12.9. The molecule has 0 bridgehead atoms. The predicted molar refractivity (Wildman–Crippen MR) is 102 cm³/mol. The third-order valence-corrected chi connectivity index (χ3v) is 6.89. The highest BCUT2D eigenvalue weighted by atomic mass is 79.9. The van der Waals surface area contributed by atoms with Gasteiger partial charge in [0.25, 0.3) is 5.91 Å². The number of benzene rings is 1. The lowest BCUT2D eigenvalue weighted by Gasteiger charge is -2.16. The van der Waals surface area contributed by atoms with Crippen LogP contribution in [0, 0.1) is 6.92 Å². The van der Waals surface area contributed by atoms with Crippen LogP contribution in [0.15, 0.2) is 32.1 Å². The third kappa shape index (κ3) is 4.74. The molecule has 0 saturated carbocycles. The molecule has 1 aliphatic rings. The molecule has 1 aromatic heterocycles. The Kier molecular flexibility index (Phi) is 6.28. The van der Waals surface area contributed by atoms with E-state index in [0.29, 0.717) is 54.2 Å². The van der Waals surface area contributed by atoms with Gasteiger partial charge >= 0.3 is 0 Å². The maximum Gasteiger partial charge on any atom is 0.252 e. The number of rotatable bonds is 7. The standard InChI is InChI=1S/C17H21BrN4O4S/c1-12-20-16(26-21-12)5-4-8-19-17(23)14-11-13(6-7-15(14)18)27(24,25)22-9-2-3-10-22/h6-7,11H,2-5,8-10H2,1H3,(H,19,23). The van der Waals surface area contributed by atoms with Crippen molar-refractivity contribution in [2.75, 3.05) is 19.6 Å². The fourth-order valence-corrected chi connectivity index (χ4v) is 4.87. The summed E-state index contributed by atoms with van der Waals surface area (Å²) in [4.78, 5) is 16.7. The Balaban J connectivity index is 1.63. The molecule has 0 unspecified atom stereocenters. The minimum absolute atomic E-state index is 0.138. The van der Waals surface area contributed by atoms with Crippen molar-refractivity contribution in [1.82, 2.24) is 19.8 Å². The molecule has 10 heteroatoms. The van der Waals surface area contributed by atoms with E-state index >= 15 is 0 Å². The second-order valence-electron chi connectivity index (χ2n) is 6.35. The molecular weight excluding hydrogens is 436 g/mol. The highest BCUT2D eigenvalue weighted by Crippen LogP contribution is 2.25. The van der Waals surface area contributed by atoms with Crippen LogP contribution in [0.5, 0.6) is 0 Å². The van der Waals surface area contributed by atoms with Gasteiger partial charge in [0.15, 0.2) is 5.82 Å². The predicted octanol–water partition coefficient (Wildman–Crippen LogP) is 2.29. The van der Waals surface area contributed by atoms with E-state index in [2.05, 4.69) is 31.4 Å². The maximum absolute atomic E-state index is 12.7. The van der Waals surface area contributed by atoms with E-state index in [4.69, 9.17) is 4.52 Å². The summed E-state index contributed by atoms with van der Waals surface area (Å²) < 4.78 is 32.4. The second-order valence-corrected chi connectivity index (χ2v) is 9.14. The fourth-order valence-electron chi connectivity index (χ4n) is 2.89. The molecular formula is C17H21BrN4O4S. The number of sulfonamides is 1. The van der Waals surface area contributed by atoms with Gasteiger partial charge in [-0.1, -0.05) is 5.16 Å². The van der Waals surface area contributed by atoms with Crippen molar-refractivity contribution in [3.8, 4) is 0 Å². The minimum atomic E-state index is -3.57. The first kappa shape index (κ1) is 20.0. The van der Waals surface area contributed by atoms with Gasteiger partial charge in [-0.2, -0.15) is 9.29 Å². The quantitative estimate of drug-likeness (QED) is 0.640. The van der Waals surface area contributed by atoms with Crippen LogP contribution < -0.4 is 5.32 Å². The van der Waals surface area contributed by atoms with E-state index < -0.39 is 10.0 Å². The molecule has 2 heterocycles. The van der Waals surface area contributed by atoms with Gasteiger partial charge in [-0.15, -0.1) is 0 Å². The molecule has 1 saturated heterocycles. The maximum atomic E-state index is 12.7. The van der Waals surface area contributed by atoms with Crippen molar-refractivity contribution in [2.24, 2.45) is 0 Å². The highest BCUT2D eigenvalue weighted by Gasteiger charge is 2.28. The summed E-state index contributed by atoms with van der Waals surface area (Å²) in [6.07, 6.45) is 2.92. The Morgan fingerprint density at radius 1 is 1.33 bits per heavy atom. The van der Waals surface area contributed by atoms with Crippen LogP contribution in [0.1, 0.15) is 41.3 Å². The molecule has 0 atom stereocenters. The van der Waals surface area contributed by atoms with E-state index in [1.165, 1.54) is 16.4 Å². The molecule has 146 valence electrons. The molecule has 0 aliphatic carbocycles. The lowest BCUT2D eigenvalue weighted by Crippen LogP contribution is -2.29. The first-order valence-corrected chi connectivity index (χ1v) is 11.0. The summed E-state index contributed by atoms with van der Waals surface area (Å²) in [5, 5.41) is 6.51. The normalized spacial score (nSPS) is 15.2. The Morgan fingerprint density at radius 2 is 2.07 bits per heavy atom. The van der Waals surface area contributed by atoms with Crippen molar-refractivity contribution >= 4 is 31.9 Å². The molecule has 27 heavy (non-hydrogen) atoms. The largest absolute Gasteiger partial charge is 0.352 e. The van der Waals surface area contributed by atoms with Crippen molar-refractivity contribution in [3.63, 3.8) is 0 Å². The number of hydrogen-bond donors (Lipinski definition) is 1. The molecule has 1 fully saturated rings. The second kappa shape index (κ2) is 8.49. The number of hydrogen-bond acceptors (Lipinski definition) is 6. The summed E-state index contributed by atoms with van der Waals surface area (Å²) in [5.74, 6) is 0.776. The van der Waals surface area contributed by atoms with E-state index in [1.807, 2.05) is 0 Å². The van der Waals surface area contributed by atoms with Crippen molar-refractivity contribution in [1.29, 1.82) is 0 Å². The smallest absolute Gasteiger partial charge is 0.252 e. The van der Waals surface area contributed by atoms with Gasteiger partial charge in [0.1, 0.15) is 0 Å². The zero-order valence-electron chi connectivity index (χ0n) is 14.9. The zero-order valence-corrected chi connectivity index (χ0v) is 17.3. The van der Waals surface area contributed by atoms with E-state index in [9.17, 15) is 13.2 Å². The lowest BCUT2D eigenvalue weighted by atomic mass is 10.2. The van der Waals surface area contributed by atoms with Gasteiger partial charge in [0.2, 0.25) is 15.9 Å². The number of halogens is 1. The SMILES string of the molecule is Cc1noc(CCCNC(=O)c2cc(S(=O)(=O)N3CCCC3)ccc2Br)n1. The Labute approximate surface area is 166 Å². The number of aryl methyl sites for hydroxylation is 2. The summed E-state index contributed by atoms with van der Waals surface area (Å²) in [6.45, 7) is 3.20. The van der Waals surface area contributed by atoms with Crippen molar-refractivity contribution < 1.29 is 17.7 Å². The molecule has 1 aliphatic heterocycles. The van der Waals surface area contributed by atoms with Crippen LogP contribution >= 0.6 is 15.9 Å². The van der Waals surface area contributed by atoms with Crippen molar-refractivity contribution in [2.45, 2.75) is 37.5 Å². The first-order valence-electron chi connectivity index (χ1n) is 8.75. The van der Waals surface area contributed by atoms with Crippen LogP contribution in [-0.4, -0.2) is 48.4 Å². The topological polar surface area (TPSA) is 105 Å². The summed E-state index contributed by atoms with van der Waals surface area (Å²) in [6, 6.07) is 4.54. The molecule has 3 rings (SSSR count). The fraction of sp³-hybridized carbons (Fsp3) is 0.471. The van der Waals surface area contributed by atoms with Crippen LogP contribution in [0.3, 0.4) is 0 Å². The molecule has 2 aromatic rings.